The maximum atomic E-state index is 6.02. The second-order valence-corrected chi connectivity index (χ2v) is 6.21. The predicted octanol–water partition coefficient (Wildman–Crippen LogP) is 5.62. The molecule has 25 heavy (non-hydrogen) atoms. The van der Waals surface area contributed by atoms with E-state index in [-0.39, 0.29) is 0 Å². The molecule has 0 aliphatic carbocycles. The van der Waals surface area contributed by atoms with Crippen LogP contribution in [0, 0.1) is 6.92 Å². The molecule has 3 rings (SSSR count). The number of benzene rings is 3. The van der Waals surface area contributed by atoms with E-state index in [1.807, 2.05) is 18.2 Å². The van der Waals surface area contributed by atoms with E-state index in [2.05, 4.69) is 72.9 Å². The van der Waals surface area contributed by atoms with Gasteiger partial charge in [0.2, 0.25) is 0 Å². The van der Waals surface area contributed by atoms with Crippen LogP contribution in [0.2, 0.25) is 0 Å². The summed E-state index contributed by atoms with van der Waals surface area (Å²) in [5.41, 5.74) is 5.01. The smallest absolute Gasteiger partial charge is 0.142 e. The van der Waals surface area contributed by atoms with Crippen LogP contribution in [0.5, 0.6) is 5.75 Å². The standard InChI is InChI=1S/C23H25NO/c1-19-10-5-6-14-21(19)18-24-22-15-7-8-16-23(22)25-17-9-13-20-11-3-2-4-12-20/h2-8,10-12,14-16,24H,9,13,17-18H2,1H3. The second-order valence-electron chi connectivity index (χ2n) is 6.21. The Morgan fingerprint density at radius 1 is 0.800 bits per heavy atom. The molecule has 0 spiro atoms. The van der Waals surface area contributed by atoms with Gasteiger partial charge in [-0.25, -0.2) is 0 Å². The minimum Gasteiger partial charge on any atom is -0.491 e. The highest BCUT2D eigenvalue weighted by molar-refractivity contribution is 5.56. The summed E-state index contributed by atoms with van der Waals surface area (Å²) in [5, 5.41) is 3.50. The highest BCUT2D eigenvalue weighted by Crippen LogP contribution is 2.25. The van der Waals surface area contributed by atoms with Crippen molar-refractivity contribution < 1.29 is 4.74 Å². The van der Waals surface area contributed by atoms with Crippen molar-refractivity contribution in [1.29, 1.82) is 0 Å². The zero-order valence-electron chi connectivity index (χ0n) is 14.7. The van der Waals surface area contributed by atoms with Gasteiger partial charge in [-0.3, -0.25) is 0 Å². The maximum absolute atomic E-state index is 6.02. The lowest BCUT2D eigenvalue weighted by atomic mass is 10.1. The number of anilines is 1. The molecule has 0 aliphatic rings. The average molecular weight is 331 g/mol. The SMILES string of the molecule is Cc1ccccc1CNc1ccccc1OCCCc1ccccc1. The Morgan fingerprint density at radius 3 is 2.36 bits per heavy atom. The van der Waals surface area contributed by atoms with Crippen molar-refractivity contribution in [3.8, 4) is 5.75 Å². The summed E-state index contributed by atoms with van der Waals surface area (Å²) in [4.78, 5) is 0. The molecule has 2 nitrogen and oxygen atoms in total. The Labute approximate surface area is 150 Å². The molecule has 0 fully saturated rings. The van der Waals surface area contributed by atoms with Crippen molar-refractivity contribution in [3.63, 3.8) is 0 Å². The van der Waals surface area contributed by atoms with Gasteiger partial charge < -0.3 is 10.1 Å². The van der Waals surface area contributed by atoms with Crippen LogP contribution in [-0.2, 0) is 13.0 Å². The first-order valence-corrected chi connectivity index (χ1v) is 8.87. The van der Waals surface area contributed by atoms with Crippen molar-refractivity contribution in [1.82, 2.24) is 0 Å². The molecule has 0 heterocycles. The molecule has 0 bridgehead atoms. The number of hydrogen-bond acceptors (Lipinski definition) is 2. The first-order chi connectivity index (χ1) is 12.3. The third kappa shape index (κ3) is 5.12. The maximum Gasteiger partial charge on any atom is 0.142 e. The van der Waals surface area contributed by atoms with Crippen LogP contribution in [0.1, 0.15) is 23.1 Å². The van der Waals surface area contributed by atoms with Gasteiger partial charge in [-0.15, -0.1) is 0 Å². The number of hydrogen-bond donors (Lipinski definition) is 1. The minimum absolute atomic E-state index is 0.720. The molecular formula is C23H25NO. The lowest BCUT2D eigenvalue weighted by molar-refractivity contribution is 0.312. The molecule has 128 valence electrons. The van der Waals surface area contributed by atoms with E-state index in [9.17, 15) is 0 Å². The van der Waals surface area contributed by atoms with Gasteiger partial charge in [-0.05, 0) is 48.6 Å². The molecule has 0 atom stereocenters. The van der Waals surface area contributed by atoms with E-state index in [4.69, 9.17) is 4.74 Å². The molecule has 1 N–H and O–H groups in total. The van der Waals surface area contributed by atoms with E-state index >= 15 is 0 Å². The topological polar surface area (TPSA) is 21.3 Å². The van der Waals surface area contributed by atoms with Crippen LogP contribution in [0.4, 0.5) is 5.69 Å². The number of ether oxygens (including phenoxy) is 1. The molecule has 2 heteroatoms. The molecule has 3 aromatic carbocycles. The third-order valence-corrected chi connectivity index (χ3v) is 4.33. The molecule has 0 unspecified atom stereocenters. The highest BCUT2D eigenvalue weighted by atomic mass is 16.5. The number of para-hydroxylation sites is 2. The van der Waals surface area contributed by atoms with Crippen LogP contribution in [0.15, 0.2) is 78.9 Å². The van der Waals surface area contributed by atoms with Crippen LogP contribution in [0.25, 0.3) is 0 Å². The van der Waals surface area contributed by atoms with Crippen molar-refractivity contribution in [2.75, 3.05) is 11.9 Å². The van der Waals surface area contributed by atoms with Gasteiger partial charge in [-0.2, -0.15) is 0 Å². The van der Waals surface area contributed by atoms with Crippen LogP contribution < -0.4 is 10.1 Å². The fraction of sp³-hybridized carbons (Fsp3) is 0.217. The third-order valence-electron chi connectivity index (χ3n) is 4.33. The van der Waals surface area contributed by atoms with Crippen molar-refractivity contribution in [2.45, 2.75) is 26.3 Å². The molecule has 0 aliphatic heterocycles. The fourth-order valence-electron chi connectivity index (χ4n) is 2.84. The summed E-state index contributed by atoms with van der Waals surface area (Å²) >= 11 is 0. The number of aryl methyl sites for hydroxylation is 2. The monoisotopic (exact) mass is 331 g/mol. The number of nitrogens with one attached hydrogen (secondary N) is 1. The zero-order chi connectivity index (χ0) is 17.3. The van der Waals surface area contributed by atoms with E-state index in [0.29, 0.717) is 0 Å². The summed E-state index contributed by atoms with van der Waals surface area (Å²) in [6.45, 7) is 3.66. The molecule has 3 aromatic rings. The Bertz CT molecular complexity index is 783. The summed E-state index contributed by atoms with van der Waals surface area (Å²) < 4.78 is 6.02. The van der Waals surface area contributed by atoms with Gasteiger partial charge in [-0.1, -0.05) is 66.7 Å². The van der Waals surface area contributed by atoms with E-state index in [1.165, 1.54) is 16.7 Å². The fourth-order valence-corrected chi connectivity index (χ4v) is 2.84. The second kappa shape index (κ2) is 8.93. The summed E-state index contributed by atoms with van der Waals surface area (Å²) in [7, 11) is 0. The van der Waals surface area contributed by atoms with Gasteiger partial charge >= 0.3 is 0 Å². The molecular weight excluding hydrogens is 306 g/mol. The predicted molar refractivity (Wildman–Crippen MR) is 105 cm³/mol. The Balaban J connectivity index is 1.53. The molecule has 0 radical (unpaired) electrons. The first-order valence-electron chi connectivity index (χ1n) is 8.87. The van der Waals surface area contributed by atoms with Crippen molar-refractivity contribution >= 4 is 5.69 Å². The van der Waals surface area contributed by atoms with Gasteiger partial charge in [0.15, 0.2) is 0 Å². The molecule has 0 aromatic heterocycles. The lowest BCUT2D eigenvalue weighted by Gasteiger charge is -2.14. The van der Waals surface area contributed by atoms with Gasteiger partial charge in [0.25, 0.3) is 0 Å². The lowest BCUT2D eigenvalue weighted by Crippen LogP contribution is -2.05. The van der Waals surface area contributed by atoms with Crippen LogP contribution >= 0.6 is 0 Å². The Hall–Kier alpha value is -2.74. The summed E-state index contributed by atoms with van der Waals surface area (Å²) in [6.07, 6.45) is 2.05. The van der Waals surface area contributed by atoms with Gasteiger partial charge in [0, 0.05) is 6.54 Å². The van der Waals surface area contributed by atoms with Crippen LogP contribution in [0.3, 0.4) is 0 Å². The molecule has 0 saturated heterocycles. The van der Waals surface area contributed by atoms with E-state index in [1.54, 1.807) is 0 Å². The zero-order valence-corrected chi connectivity index (χ0v) is 14.7. The summed E-state index contributed by atoms with van der Waals surface area (Å²) in [5.74, 6) is 0.921. The van der Waals surface area contributed by atoms with Crippen LogP contribution in [-0.4, -0.2) is 6.61 Å². The van der Waals surface area contributed by atoms with Gasteiger partial charge in [0.1, 0.15) is 5.75 Å². The highest BCUT2D eigenvalue weighted by Gasteiger charge is 2.04. The molecule has 0 saturated carbocycles. The van der Waals surface area contributed by atoms with Crippen molar-refractivity contribution in [2.24, 2.45) is 0 Å². The van der Waals surface area contributed by atoms with E-state index in [0.717, 1.165) is 37.4 Å². The van der Waals surface area contributed by atoms with Gasteiger partial charge in [0.05, 0.1) is 12.3 Å². The number of rotatable bonds is 8. The largest absolute Gasteiger partial charge is 0.491 e. The van der Waals surface area contributed by atoms with Crippen molar-refractivity contribution in [3.05, 3.63) is 95.6 Å². The Morgan fingerprint density at radius 2 is 1.52 bits per heavy atom. The summed E-state index contributed by atoms with van der Waals surface area (Å²) in [6, 6.07) is 27.2. The normalized spacial score (nSPS) is 10.4. The minimum atomic E-state index is 0.720. The first kappa shape index (κ1) is 17.1. The molecule has 0 amide bonds. The Kier molecular flexibility index (Phi) is 6.11. The quantitative estimate of drug-likeness (QED) is 0.541. The average Bonchev–Trinajstić information content (AvgIpc) is 2.66. The van der Waals surface area contributed by atoms with E-state index < -0.39 is 0 Å².